The number of benzene rings is 1. The van der Waals surface area contributed by atoms with E-state index in [-0.39, 0.29) is 0 Å². The number of hydrogen-bond donors (Lipinski definition) is 0. The van der Waals surface area contributed by atoms with Crippen LogP contribution < -0.4 is 0 Å². The highest BCUT2D eigenvalue weighted by molar-refractivity contribution is 7.14. The summed E-state index contributed by atoms with van der Waals surface area (Å²) in [5.74, 6) is 0. The summed E-state index contributed by atoms with van der Waals surface area (Å²) in [6.07, 6.45) is 1.86. The molecule has 2 rings (SSSR count). The molecule has 56 valence electrons. The van der Waals surface area contributed by atoms with E-state index in [2.05, 4.69) is 11.3 Å². The zero-order valence-corrected chi connectivity index (χ0v) is 7.54. The number of aromatic nitrogens is 1. The smallest absolute Gasteiger partial charge is 0.0738 e. The average Bonchev–Trinajstić information content (AvgIpc) is 2.45. The highest BCUT2D eigenvalue weighted by Crippen LogP contribution is 2.28. The molecule has 0 saturated heterocycles. The molecule has 0 N–H and O–H groups in total. The van der Waals surface area contributed by atoms with Crippen LogP contribution in [0.2, 0.25) is 5.02 Å². The van der Waals surface area contributed by atoms with Crippen molar-refractivity contribution in [2.24, 2.45) is 0 Å². The van der Waals surface area contributed by atoms with Crippen LogP contribution >= 0.6 is 23.1 Å². The van der Waals surface area contributed by atoms with E-state index in [1.165, 1.54) is 22.5 Å². The first-order chi connectivity index (χ1) is 5.29. The van der Waals surface area contributed by atoms with Gasteiger partial charge in [-0.25, -0.2) is 0 Å². The maximum absolute atomic E-state index is 5.94. The van der Waals surface area contributed by atoms with Crippen LogP contribution in [0.4, 0.5) is 0 Å². The van der Waals surface area contributed by atoms with Crippen LogP contribution in [0.1, 0.15) is 5.56 Å². The number of rotatable bonds is 0. The van der Waals surface area contributed by atoms with Gasteiger partial charge in [-0.15, -0.1) is 0 Å². The zero-order valence-electron chi connectivity index (χ0n) is 5.97. The van der Waals surface area contributed by atoms with Gasteiger partial charge in [0.1, 0.15) is 0 Å². The molecule has 0 aliphatic rings. The zero-order chi connectivity index (χ0) is 7.84. The molecular weight excluding hydrogens is 178 g/mol. The third kappa shape index (κ3) is 1.03. The Morgan fingerprint density at radius 3 is 3.00 bits per heavy atom. The van der Waals surface area contributed by atoms with Crippen LogP contribution in [0.15, 0.2) is 18.3 Å². The standard InChI is InChI=1S/C8H6ClNS/c1-5-2-3-7(9)8-6(5)4-10-11-8/h2-4H,1H3. The van der Waals surface area contributed by atoms with Crippen LogP contribution in [-0.2, 0) is 0 Å². The molecule has 2 aromatic rings. The summed E-state index contributed by atoms with van der Waals surface area (Å²) < 4.78 is 5.17. The lowest BCUT2D eigenvalue weighted by atomic mass is 10.2. The van der Waals surface area contributed by atoms with Gasteiger partial charge in [0, 0.05) is 11.6 Å². The van der Waals surface area contributed by atoms with Gasteiger partial charge in [-0.1, -0.05) is 17.7 Å². The molecule has 11 heavy (non-hydrogen) atoms. The Bertz CT molecular complexity index is 358. The van der Waals surface area contributed by atoms with Crippen molar-refractivity contribution in [1.29, 1.82) is 0 Å². The van der Waals surface area contributed by atoms with Gasteiger partial charge in [0.05, 0.1) is 9.72 Å². The third-order valence-corrected chi connectivity index (χ3v) is 2.95. The van der Waals surface area contributed by atoms with Crippen LogP contribution in [0.3, 0.4) is 0 Å². The minimum absolute atomic E-state index is 0.799. The molecule has 0 fully saturated rings. The molecule has 0 amide bonds. The predicted octanol–water partition coefficient (Wildman–Crippen LogP) is 3.26. The first kappa shape index (κ1) is 7.07. The quantitative estimate of drug-likeness (QED) is 0.611. The van der Waals surface area contributed by atoms with Crippen molar-refractivity contribution in [1.82, 2.24) is 4.37 Å². The van der Waals surface area contributed by atoms with Crippen molar-refractivity contribution < 1.29 is 0 Å². The maximum Gasteiger partial charge on any atom is 0.0738 e. The molecule has 1 aromatic heterocycles. The van der Waals surface area contributed by atoms with Crippen molar-refractivity contribution in [2.75, 3.05) is 0 Å². The first-order valence-electron chi connectivity index (χ1n) is 3.28. The summed E-state index contributed by atoms with van der Waals surface area (Å²) in [4.78, 5) is 0. The molecule has 0 bridgehead atoms. The van der Waals surface area contributed by atoms with Gasteiger partial charge in [0.15, 0.2) is 0 Å². The number of fused-ring (bicyclic) bond motifs is 1. The van der Waals surface area contributed by atoms with E-state index in [4.69, 9.17) is 11.6 Å². The Kier molecular flexibility index (Phi) is 1.59. The summed E-state index contributed by atoms with van der Waals surface area (Å²) >= 11 is 7.39. The van der Waals surface area contributed by atoms with E-state index >= 15 is 0 Å². The van der Waals surface area contributed by atoms with Crippen molar-refractivity contribution in [3.05, 3.63) is 28.9 Å². The van der Waals surface area contributed by atoms with Gasteiger partial charge < -0.3 is 0 Å². The van der Waals surface area contributed by atoms with Crippen molar-refractivity contribution in [3.63, 3.8) is 0 Å². The van der Waals surface area contributed by atoms with E-state index in [1.54, 1.807) is 0 Å². The van der Waals surface area contributed by atoms with Gasteiger partial charge in [-0.2, -0.15) is 4.37 Å². The molecule has 0 saturated carbocycles. The normalized spacial score (nSPS) is 10.7. The topological polar surface area (TPSA) is 12.9 Å². The molecule has 0 unspecified atom stereocenters. The Labute approximate surface area is 73.8 Å². The van der Waals surface area contributed by atoms with Crippen molar-refractivity contribution in [2.45, 2.75) is 6.92 Å². The van der Waals surface area contributed by atoms with Crippen molar-refractivity contribution in [3.8, 4) is 0 Å². The second-order valence-electron chi connectivity index (χ2n) is 2.43. The Hall–Kier alpha value is -0.600. The van der Waals surface area contributed by atoms with Crippen LogP contribution in [-0.4, -0.2) is 4.37 Å². The summed E-state index contributed by atoms with van der Waals surface area (Å²) in [7, 11) is 0. The third-order valence-electron chi connectivity index (χ3n) is 1.69. The lowest BCUT2D eigenvalue weighted by Crippen LogP contribution is -1.72. The molecule has 0 spiro atoms. The van der Waals surface area contributed by atoms with Crippen LogP contribution in [0, 0.1) is 6.92 Å². The van der Waals surface area contributed by atoms with E-state index in [0.29, 0.717) is 0 Å². The summed E-state index contributed by atoms with van der Waals surface area (Å²) in [6.45, 7) is 2.06. The molecule has 1 aromatic carbocycles. The predicted molar refractivity (Wildman–Crippen MR) is 49.4 cm³/mol. The summed E-state index contributed by atoms with van der Waals surface area (Å²) in [5.41, 5.74) is 1.23. The highest BCUT2D eigenvalue weighted by atomic mass is 35.5. The average molecular weight is 184 g/mol. The van der Waals surface area contributed by atoms with Crippen LogP contribution in [0.25, 0.3) is 10.1 Å². The van der Waals surface area contributed by atoms with Gasteiger partial charge in [-0.3, -0.25) is 0 Å². The lowest BCUT2D eigenvalue weighted by Gasteiger charge is -1.94. The Balaban J connectivity index is 2.96. The molecule has 3 heteroatoms. The monoisotopic (exact) mass is 183 g/mol. The van der Waals surface area contributed by atoms with E-state index in [9.17, 15) is 0 Å². The molecule has 0 aliphatic heterocycles. The number of halogens is 1. The maximum atomic E-state index is 5.94. The second kappa shape index (κ2) is 2.47. The fraction of sp³-hybridized carbons (Fsp3) is 0.125. The molecule has 0 radical (unpaired) electrons. The van der Waals surface area contributed by atoms with Gasteiger partial charge in [0.2, 0.25) is 0 Å². The Morgan fingerprint density at radius 2 is 2.27 bits per heavy atom. The molecule has 1 heterocycles. The highest BCUT2D eigenvalue weighted by Gasteiger charge is 2.02. The van der Waals surface area contributed by atoms with Gasteiger partial charge in [-0.05, 0) is 30.1 Å². The fourth-order valence-corrected chi connectivity index (χ4v) is 2.06. The summed E-state index contributed by atoms with van der Waals surface area (Å²) in [6, 6.07) is 3.93. The largest absolute Gasteiger partial charge is 0.200 e. The fourth-order valence-electron chi connectivity index (χ4n) is 1.06. The number of hydrogen-bond acceptors (Lipinski definition) is 2. The molecule has 0 atom stereocenters. The summed E-state index contributed by atoms with van der Waals surface area (Å²) in [5, 5.41) is 1.97. The van der Waals surface area contributed by atoms with Crippen LogP contribution in [0.5, 0.6) is 0 Å². The number of nitrogens with zero attached hydrogens (tertiary/aromatic N) is 1. The van der Waals surface area contributed by atoms with Gasteiger partial charge in [0.25, 0.3) is 0 Å². The lowest BCUT2D eigenvalue weighted by molar-refractivity contribution is 1.52. The number of aryl methyl sites for hydroxylation is 1. The molecule has 0 aliphatic carbocycles. The SMILES string of the molecule is Cc1ccc(Cl)c2sncc12. The van der Waals surface area contributed by atoms with E-state index in [1.807, 2.05) is 18.3 Å². The van der Waals surface area contributed by atoms with E-state index < -0.39 is 0 Å². The second-order valence-corrected chi connectivity index (χ2v) is 3.64. The van der Waals surface area contributed by atoms with E-state index in [0.717, 1.165) is 9.72 Å². The Morgan fingerprint density at radius 1 is 1.45 bits per heavy atom. The molecule has 1 nitrogen and oxygen atoms in total. The minimum Gasteiger partial charge on any atom is -0.200 e. The van der Waals surface area contributed by atoms with Crippen molar-refractivity contribution >= 4 is 33.2 Å². The molecular formula is C8H6ClNS. The minimum atomic E-state index is 0.799. The first-order valence-corrected chi connectivity index (χ1v) is 4.43. The van der Waals surface area contributed by atoms with Gasteiger partial charge >= 0.3 is 0 Å².